The highest BCUT2D eigenvalue weighted by Crippen LogP contribution is 2.26. The van der Waals surface area contributed by atoms with E-state index in [9.17, 15) is 18.0 Å². The SMILES string of the molecule is Cc1cccc(CN(C(=O)CN(c2ccccc2)S(=O)(=O)c2ccc(Cl)cc2)[C@H](C)C(=O)NC2CCCCC2)c1. The van der Waals surface area contributed by atoms with Crippen molar-refractivity contribution in [2.24, 2.45) is 0 Å². The lowest BCUT2D eigenvalue weighted by molar-refractivity contribution is -0.139. The molecule has 40 heavy (non-hydrogen) atoms. The number of hydrogen-bond donors (Lipinski definition) is 1. The fourth-order valence-electron chi connectivity index (χ4n) is 5.02. The molecule has 0 saturated heterocycles. The van der Waals surface area contributed by atoms with Crippen LogP contribution in [0.4, 0.5) is 5.69 Å². The van der Waals surface area contributed by atoms with Crippen LogP contribution in [0.25, 0.3) is 0 Å². The first-order chi connectivity index (χ1) is 19.1. The standard InChI is InChI=1S/C31H36ClN3O4S/c1-23-10-9-11-25(20-23)21-34(24(2)31(37)33-27-12-5-3-6-13-27)30(36)22-35(28-14-7-4-8-15-28)40(38,39)29-18-16-26(32)17-19-29/h4,7-11,14-20,24,27H,3,5-6,12-13,21-22H2,1-2H3,(H,33,37)/t24-/m1/s1. The van der Waals surface area contributed by atoms with Gasteiger partial charge < -0.3 is 10.2 Å². The Hall–Kier alpha value is -3.36. The van der Waals surface area contributed by atoms with Crippen LogP contribution in [-0.4, -0.2) is 43.8 Å². The fraction of sp³-hybridized carbons (Fsp3) is 0.355. The summed E-state index contributed by atoms with van der Waals surface area (Å²) >= 11 is 6.00. The van der Waals surface area contributed by atoms with E-state index < -0.39 is 28.5 Å². The van der Waals surface area contributed by atoms with Gasteiger partial charge in [0.2, 0.25) is 11.8 Å². The quantitative estimate of drug-likeness (QED) is 0.332. The summed E-state index contributed by atoms with van der Waals surface area (Å²) in [7, 11) is -4.12. The van der Waals surface area contributed by atoms with Gasteiger partial charge in [0.1, 0.15) is 12.6 Å². The molecule has 3 aromatic carbocycles. The van der Waals surface area contributed by atoms with E-state index in [0.717, 1.165) is 47.5 Å². The summed E-state index contributed by atoms with van der Waals surface area (Å²) in [5, 5.41) is 3.53. The number of carbonyl (C=O) groups excluding carboxylic acids is 2. The average Bonchev–Trinajstić information content (AvgIpc) is 2.95. The molecule has 0 spiro atoms. The van der Waals surface area contributed by atoms with Crippen LogP contribution in [0.15, 0.2) is 83.8 Å². The summed E-state index contributed by atoms with van der Waals surface area (Å²) < 4.78 is 28.7. The van der Waals surface area contributed by atoms with Gasteiger partial charge in [0, 0.05) is 17.6 Å². The topological polar surface area (TPSA) is 86.8 Å². The highest BCUT2D eigenvalue weighted by Gasteiger charge is 2.33. The smallest absolute Gasteiger partial charge is 0.264 e. The Morgan fingerprint density at radius 2 is 1.62 bits per heavy atom. The Balaban J connectivity index is 1.65. The normalized spacial score (nSPS) is 14.8. The Kier molecular flexibility index (Phi) is 9.87. The van der Waals surface area contributed by atoms with Crippen molar-refractivity contribution < 1.29 is 18.0 Å². The third kappa shape index (κ3) is 7.43. The molecule has 1 fully saturated rings. The maximum absolute atomic E-state index is 14.0. The molecule has 3 aromatic rings. The predicted octanol–water partition coefficient (Wildman–Crippen LogP) is 5.71. The van der Waals surface area contributed by atoms with Gasteiger partial charge in [-0.1, -0.05) is 78.9 Å². The van der Waals surface area contributed by atoms with E-state index in [1.54, 1.807) is 37.3 Å². The lowest BCUT2D eigenvalue weighted by Gasteiger charge is -2.33. The average molecular weight is 582 g/mol. The number of aryl methyl sites for hydroxylation is 1. The van der Waals surface area contributed by atoms with Gasteiger partial charge in [0.25, 0.3) is 10.0 Å². The number of nitrogens with one attached hydrogen (secondary N) is 1. The number of carbonyl (C=O) groups is 2. The number of benzene rings is 3. The van der Waals surface area contributed by atoms with Crippen LogP contribution in [0, 0.1) is 6.92 Å². The van der Waals surface area contributed by atoms with Crippen LogP contribution in [0.3, 0.4) is 0 Å². The van der Waals surface area contributed by atoms with E-state index in [0.29, 0.717) is 10.7 Å². The van der Waals surface area contributed by atoms with Crippen molar-refractivity contribution in [2.45, 2.75) is 69.5 Å². The first kappa shape index (κ1) is 29.6. The Morgan fingerprint density at radius 3 is 2.27 bits per heavy atom. The molecular weight excluding hydrogens is 546 g/mol. The third-order valence-corrected chi connectivity index (χ3v) is 9.32. The monoisotopic (exact) mass is 581 g/mol. The van der Waals surface area contributed by atoms with Gasteiger partial charge in [-0.3, -0.25) is 13.9 Å². The molecule has 0 bridgehead atoms. The number of amides is 2. The number of para-hydroxylation sites is 1. The van der Waals surface area contributed by atoms with Gasteiger partial charge in [0.15, 0.2) is 0 Å². The van der Waals surface area contributed by atoms with Gasteiger partial charge >= 0.3 is 0 Å². The molecule has 0 radical (unpaired) electrons. The first-order valence-corrected chi connectivity index (χ1v) is 15.5. The second-order valence-electron chi connectivity index (χ2n) is 10.3. The second-order valence-corrected chi connectivity index (χ2v) is 12.6. The van der Waals surface area contributed by atoms with Gasteiger partial charge in [0.05, 0.1) is 10.6 Å². The molecule has 4 rings (SSSR count). The molecule has 1 saturated carbocycles. The van der Waals surface area contributed by atoms with Crippen molar-refractivity contribution in [3.05, 3.63) is 95.0 Å². The highest BCUT2D eigenvalue weighted by molar-refractivity contribution is 7.92. The van der Waals surface area contributed by atoms with Crippen molar-refractivity contribution in [2.75, 3.05) is 10.8 Å². The molecular formula is C31H36ClN3O4S. The lowest BCUT2D eigenvalue weighted by Crippen LogP contribution is -2.53. The maximum Gasteiger partial charge on any atom is 0.264 e. The van der Waals surface area contributed by atoms with E-state index in [1.165, 1.54) is 29.2 Å². The van der Waals surface area contributed by atoms with Crippen LogP contribution >= 0.6 is 11.6 Å². The maximum atomic E-state index is 14.0. The molecule has 1 aliphatic carbocycles. The van der Waals surface area contributed by atoms with E-state index in [2.05, 4.69) is 5.32 Å². The minimum Gasteiger partial charge on any atom is -0.352 e. The second kappa shape index (κ2) is 13.3. The van der Waals surface area contributed by atoms with Gasteiger partial charge in [-0.05, 0) is 68.7 Å². The number of nitrogens with zero attached hydrogens (tertiary/aromatic N) is 2. The molecule has 7 nitrogen and oxygen atoms in total. The summed E-state index contributed by atoms with van der Waals surface area (Å²) in [6.45, 7) is 3.36. The Morgan fingerprint density at radius 1 is 0.950 bits per heavy atom. The zero-order valence-electron chi connectivity index (χ0n) is 22.9. The minimum absolute atomic E-state index is 0.0156. The van der Waals surface area contributed by atoms with Crippen LogP contribution in [-0.2, 0) is 26.2 Å². The van der Waals surface area contributed by atoms with Crippen LogP contribution < -0.4 is 9.62 Å². The van der Waals surface area contributed by atoms with Crippen molar-refractivity contribution in [3.8, 4) is 0 Å². The molecule has 0 aliphatic heterocycles. The first-order valence-electron chi connectivity index (χ1n) is 13.6. The molecule has 1 N–H and O–H groups in total. The highest BCUT2D eigenvalue weighted by atomic mass is 35.5. The zero-order chi connectivity index (χ0) is 28.7. The van der Waals surface area contributed by atoms with Crippen molar-refractivity contribution in [3.63, 3.8) is 0 Å². The van der Waals surface area contributed by atoms with Crippen LogP contribution in [0.1, 0.15) is 50.2 Å². The van der Waals surface area contributed by atoms with Crippen molar-refractivity contribution in [1.82, 2.24) is 10.2 Å². The molecule has 1 aliphatic rings. The lowest BCUT2D eigenvalue weighted by atomic mass is 9.95. The van der Waals surface area contributed by atoms with E-state index in [1.807, 2.05) is 31.2 Å². The Labute approximate surface area is 242 Å². The summed E-state index contributed by atoms with van der Waals surface area (Å²) in [6.07, 6.45) is 5.15. The number of sulfonamides is 1. The Bertz CT molecular complexity index is 1410. The van der Waals surface area contributed by atoms with Gasteiger partial charge in [-0.15, -0.1) is 0 Å². The largest absolute Gasteiger partial charge is 0.352 e. The fourth-order valence-corrected chi connectivity index (χ4v) is 6.56. The molecule has 2 amide bonds. The van der Waals surface area contributed by atoms with Crippen LogP contribution in [0.2, 0.25) is 5.02 Å². The molecule has 9 heteroatoms. The summed E-state index contributed by atoms with van der Waals surface area (Å²) in [5.74, 6) is -0.714. The van der Waals surface area contributed by atoms with E-state index >= 15 is 0 Å². The number of halogens is 1. The third-order valence-electron chi connectivity index (χ3n) is 7.28. The van der Waals surface area contributed by atoms with Crippen LogP contribution in [0.5, 0.6) is 0 Å². The zero-order valence-corrected chi connectivity index (χ0v) is 24.5. The van der Waals surface area contributed by atoms with Gasteiger partial charge in [-0.2, -0.15) is 0 Å². The predicted molar refractivity (Wildman–Crippen MR) is 159 cm³/mol. The van der Waals surface area contributed by atoms with Gasteiger partial charge in [-0.25, -0.2) is 8.42 Å². The van der Waals surface area contributed by atoms with E-state index in [4.69, 9.17) is 11.6 Å². The molecule has 0 aromatic heterocycles. The van der Waals surface area contributed by atoms with Crippen molar-refractivity contribution in [1.29, 1.82) is 0 Å². The number of hydrogen-bond acceptors (Lipinski definition) is 4. The number of rotatable bonds is 10. The van der Waals surface area contributed by atoms with Crippen molar-refractivity contribution >= 4 is 39.1 Å². The summed E-state index contributed by atoms with van der Waals surface area (Å²) in [4.78, 5) is 28.9. The molecule has 0 unspecified atom stereocenters. The molecule has 0 heterocycles. The summed E-state index contributed by atoms with van der Waals surface area (Å²) in [6, 6.07) is 21.4. The van der Waals surface area contributed by atoms with E-state index in [-0.39, 0.29) is 23.4 Å². The number of anilines is 1. The molecule has 1 atom stereocenters. The minimum atomic E-state index is -4.12. The summed E-state index contributed by atoms with van der Waals surface area (Å²) in [5.41, 5.74) is 2.23. The molecule has 212 valence electrons.